The first-order chi connectivity index (χ1) is 17.5. The number of fused-ring (bicyclic) bond motifs is 1. The van der Waals surface area contributed by atoms with E-state index in [0.29, 0.717) is 18.8 Å². The highest BCUT2D eigenvalue weighted by molar-refractivity contribution is 8.00. The summed E-state index contributed by atoms with van der Waals surface area (Å²) in [6.45, 7) is 4.25. The summed E-state index contributed by atoms with van der Waals surface area (Å²) in [5.41, 5.74) is 4.73. The Bertz CT molecular complexity index is 1190. The second kappa shape index (κ2) is 12.7. The van der Waals surface area contributed by atoms with Gasteiger partial charge in [0.1, 0.15) is 12.4 Å². The van der Waals surface area contributed by atoms with Crippen LogP contribution in [0.5, 0.6) is 0 Å². The third-order valence-electron chi connectivity index (χ3n) is 5.94. The highest BCUT2D eigenvalue weighted by atomic mass is 32.2. The van der Waals surface area contributed by atoms with Gasteiger partial charge in [-0.1, -0.05) is 78.9 Å². The Hall–Kier alpha value is -3.19. The predicted molar refractivity (Wildman–Crippen MR) is 142 cm³/mol. The number of benzene rings is 3. The van der Waals surface area contributed by atoms with Crippen molar-refractivity contribution in [3.05, 3.63) is 107 Å². The number of carbonyl (C=O) groups is 2. The SMILES string of the molecule is CC(=O)OC(COCc1ccccc1)C(OCc1ccccc1)C1Sc2c(C)cccc2C=C1C=O. The minimum absolute atomic E-state index is 0.137. The Morgan fingerprint density at radius 3 is 2.25 bits per heavy atom. The average Bonchev–Trinajstić information content (AvgIpc) is 2.89. The van der Waals surface area contributed by atoms with Gasteiger partial charge >= 0.3 is 5.97 Å². The van der Waals surface area contributed by atoms with Crippen LogP contribution >= 0.6 is 11.8 Å². The monoisotopic (exact) mass is 502 g/mol. The van der Waals surface area contributed by atoms with Crippen molar-refractivity contribution >= 4 is 30.1 Å². The molecule has 3 aromatic carbocycles. The number of hydrogen-bond acceptors (Lipinski definition) is 6. The molecule has 0 radical (unpaired) electrons. The average molecular weight is 503 g/mol. The molecule has 3 aromatic rings. The van der Waals surface area contributed by atoms with E-state index in [1.54, 1.807) is 11.8 Å². The zero-order chi connectivity index (χ0) is 25.3. The fourth-order valence-electron chi connectivity index (χ4n) is 4.20. The van der Waals surface area contributed by atoms with Gasteiger partial charge in [-0.05, 0) is 35.3 Å². The van der Waals surface area contributed by atoms with Crippen LogP contribution in [-0.4, -0.2) is 36.3 Å². The molecule has 0 fully saturated rings. The van der Waals surface area contributed by atoms with Crippen molar-refractivity contribution < 1.29 is 23.8 Å². The van der Waals surface area contributed by atoms with Crippen molar-refractivity contribution in [1.82, 2.24) is 0 Å². The molecule has 1 heterocycles. The van der Waals surface area contributed by atoms with Crippen LogP contribution in [0, 0.1) is 6.92 Å². The summed E-state index contributed by atoms with van der Waals surface area (Å²) in [4.78, 5) is 25.4. The third kappa shape index (κ3) is 6.72. The second-order valence-electron chi connectivity index (χ2n) is 8.70. The number of carbonyl (C=O) groups excluding carboxylic acids is 2. The lowest BCUT2D eigenvalue weighted by atomic mass is 9.99. The van der Waals surface area contributed by atoms with Gasteiger partial charge in [0.15, 0.2) is 6.10 Å². The molecule has 5 nitrogen and oxygen atoms in total. The van der Waals surface area contributed by atoms with Gasteiger partial charge in [-0.25, -0.2) is 0 Å². The van der Waals surface area contributed by atoms with Gasteiger partial charge < -0.3 is 14.2 Å². The van der Waals surface area contributed by atoms with Crippen LogP contribution in [0.3, 0.4) is 0 Å². The van der Waals surface area contributed by atoms with Crippen molar-refractivity contribution in [2.45, 2.75) is 49.4 Å². The lowest BCUT2D eigenvalue weighted by Crippen LogP contribution is -2.45. The molecule has 4 rings (SSSR count). The molecule has 0 N–H and O–H groups in total. The molecule has 1 aliphatic heterocycles. The van der Waals surface area contributed by atoms with Gasteiger partial charge in [-0.2, -0.15) is 0 Å². The molecule has 6 heteroatoms. The number of esters is 1. The molecule has 0 aromatic heterocycles. The zero-order valence-electron chi connectivity index (χ0n) is 20.5. The summed E-state index contributed by atoms with van der Waals surface area (Å²) in [6.07, 6.45) is 1.46. The fraction of sp³-hybridized carbons (Fsp3) is 0.267. The van der Waals surface area contributed by atoms with E-state index in [9.17, 15) is 9.59 Å². The Balaban J connectivity index is 1.62. The second-order valence-corrected chi connectivity index (χ2v) is 9.86. The first-order valence-electron chi connectivity index (χ1n) is 11.9. The summed E-state index contributed by atoms with van der Waals surface area (Å²) in [7, 11) is 0. The quantitative estimate of drug-likeness (QED) is 0.244. The molecule has 0 saturated carbocycles. The minimum atomic E-state index is -0.707. The summed E-state index contributed by atoms with van der Waals surface area (Å²) in [5, 5.41) is -0.371. The number of aldehydes is 1. The van der Waals surface area contributed by atoms with E-state index in [1.165, 1.54) is 6.92 Å². The molecule has 186 valence electrons. The molecular formula is C30H30O5S. The van der Waals surface area contributed by atoms with E-state index in [1.807, 2.05) is 78.9 Å². The predicted octanol–water partition coefficient (Wildman–Crippen LogP) is 5.79. The summed E-state index contributed by atoms with van der Waals surface area (Å²) in [6, 6.07) is 25.7. The van der Waals surface area contributed by atoms with E-state index >= 15 is 0 Å². The van der Waals surface area contributed by atoms with Crippen LogP contribution in [-0.2, 0) is 37.0 Å². The highest BCUT2D eigenvalue weighted by Gasteiger charge is 2.38. The maximum Gasteiger partial charge on any atom is 0.303 e. The lowest BCUT2D eigenvalue weighted by molar-refractivity contribution is -0.161. The van der Waals surface area contributed by atoms with Gasteiger partial charge in [0.05, 0.1) is 25.1 Å². The Morgan fingerprint density at radius 1 is 0.944 bits per heavy atom. The van der Waals surface area contributed by atoms with Crippen molar-refractivity contribution in [2.24, 2.45) is 0 Å². The molecule has 3 atom stereocenters. The van der Waals surface area contributed by atoms with Crippen LogP contribution in [0.25, 0.3) is 6.08 Å². The van der Waals surface area contributed by atoms with E-state index in [0.717, 1.165) is 33.4 Å². The summed E-state index contributed by atoms with van der Waals surface area (Å²) >= 11 is 1.57. The first-order valence-corrected chi connectivity index (χ1v) is 12.8. The smallest absolute Gasteiger partial charge is 0.303 e. The molecule has 0 amide bonds. The minimum Gasteiger partial charge on any atom is -0.457 e. The Morgan fingerprint density at radius 2 is 1.61 bits per heavy atom. The van der Waals surface area contributed by atoms with Gasteiger partial charge in [-0.15, -0.1) is 11.8 Å². The van der Waals surface area contributed by atoms with Crippen LogP contribution in [0.15, 0.2) is 89.3 Å². The lowest BCUT2D eigenvalue weighted by Gasteiger charge is -2.35. The van der Waals surface area contributed by atoms with Crippen molar-refractivity contribution in [1.29, 1.82) is 0 Å². The molecule has 36 heavy (non-hydrogen) atoms. The maximum absolute atomic E-state index is 12.2. The maximum atomic E-state index is 12.2. The molecular weight excluding hydrogens is 472 g/mol. The zero-order valence-corrected chi connectivity index (χ0v) is 21.3. The number of aryl methyl sites for hydroxylation is 1. The van der Waals surface area contributed by atoms with Crippen molar-refractivity contribution in [2.75, 3.05) is 6.61 Å². The molecule has 0 bridgehead atoms. The van der Waals surface area contributed by atoms with Gasteiger partial charge in [0.25, 0.3) is 0 Å². The number of ether oxygens (including phenoxy) is 3. The van der Waals surface area contributed by atoms with Gasteiger partial charge in [-0.3, -0.25) is 9.59 Å². The Labute approximate surface area is 216 Å². The molecule has 0 saturated heterocycles. The highest BCUT2D eigenvalue weighted by Crippen LogP contribution is 2.42. The van der Waals surface area contributed by atoms with Crippen molar-refractivity contribution in [3.8, 4) is 0 Å². The van der Waals surface area contributed by atoms with E-state index in [4.69, 9.17) is 14.2 Å². The van der Waals surface area contributed by atoms with Crippen LogP contribution in [0.4, 0.5) is 0 Å². The van der Waals surface area contributed by atoms with Crippen molar-refractivity contribution in [3.63, 3.8) is 0 Å². The van der Waals surface area contributed by atoms with E-state index in [2.05, 4.69) is 13.0 Å². The molecule has 0 aliphatic carbocycles. The van der Waals surface area contributed by atoms with Crippen LogP contribution in [0.1, 0.15) is 29.2 Å². The number of hydrogen-bond donors (Lipinski definition) is 0. The summed E-state index contributed by atoms with van der Waals surface area (Å²) < 4.78 is 18.2. The van der Waals surface area contributed by atoms with Crippen LogP contribution < -0.4 is 0 Å². The largest absolute Gasteiger partial charge is 0.457 e. The normalized spacial score (nSPS) is 16.4. The fourth-order valence-corrected chi connectivity index (χ4v) is 5.62. The summed E-state index contributed by atoms with van der Waals surface area (Å²) in [5.74, 6) is -0.425. The molecule has 1 aliphatic rings. The first kappa shape index (κ1) is 25.9. The van der Waals surface area contributed by atoms with E-state index < -0.39 is 18.2 Å². The Kier molecular flexibility index (Phi) is 9.11. The van der Waals surface area contributed by atoms with Crippen LogP contribution in [0.2, 0.25) is 0 Å². The number of thioether (sulfide) groups is 1. The van der Waals surface area contributed by atoms with Gasteiger partial charge in [0, 0.05) is 17.4 Å². The molecule has 3 unspecified atom stereocenters. The number of rotatable bonds is 11. The third-order valence-corrected chi connectivity index (χ3v) is 7.52. The van der Waals surface area contributed by atoms with Gasteiger partial charge in [0.2, 0.25) is 0 Å². The standard InChI is InChI=1S/C30H30O5S/c1-21-10-9-15-25-16-26(17-31)30(36-29(21)25)28(34-19-24-13-7-4-8-14-24)27(35-22(2)32)20-33-18-23-11-5-3-6-12-23/h3-17,27-28,30H,18-20H2,1-2H3. The molecule has 0 spiro atoms. The van der Waals surface area contributed by atoms with E-state index in [-0.39, 0.29) is 11.9 Å². The topological polar surface area (TPSA) is 61.8 Å².